The molecule has 2 amide bonds. The van der Waals surface area contributed by atoms with E-state index in [0.29, 0.717) is 0 Å². The van der Waals surface area contributed by atoms with Gasteiger partial charge in [-0.15, -0.1) is 0 Å². The molecule has 160 valence electrons. The Morgan fingerprint density at radius 1 is 1.06 bits per heavy atom. The number of fused-ring (bicyclic) bond motifs is 4. The van der Waals surface area contributed by atoms with Crippen LogP contribution in [-0.2, 0) is 15.0 Å². The lowest BCUT2D eigenvalue weighted by Crippen LogP contribution is -2.78. The highest BCUT2D eigenvalue weighted by atomic mass is 33.1. The van der Waals surface area contributed by atoms with Crippen molar-refractivity contribution in [3.8, 4) is 0 Å². The first kappa shape index (κ1) is 17.9. The lowest BCUT2D eigenvalue weighted by atomic mass is 9.68. The molecule has 2 spiro atoms. The predicted octanol–water partition coefficient (Wildman–Crippen LogP) is 2.40. The maximum absolute atomic E-state index is 14.1. The van der Waals surface area contributed by atoms with Gasteiger partial charge in [0.25, 0.3) is 11.8 Å². The summed E-state index contributed by atoms with van der Waals surface area (Å²) >= 11 is 0. The number of aromatic amines is 1. The van der Waals surface area contributed by atoms with E-state index in [9.17, 15) is 14.7 Å². The summed E-state index contributed by atoms with van der Waals surface area (Å²) in [4.78, 5) is 32.5. The van der Waals surface area contributed by atoms with Crippen LogP contribution in [0.5, 0.6) is 0 Å². The van der Waals surface area contributed by atoms with Crippen molar-refractivity contribution >= 4 is 50.0 Å². The smallest absolute Gasteiger partial charge is 0.265 e. The fourth-order valence-electron chi connectivity index (χ4n) is 7.06. The molecule has 3 N–H and O–H groups in total. The zero-order valence-electron chi connectivity index (χ0n) is 17.0. The summed E-state index contributed by atoms with van der Waals surface area (Å²) in [5.41, 5.74) is 4.80. The topological polar surface area (TPSA) is 88.7 Å². The van der Waals surface area contributed by atoms with Gasteiger partial charge in [-0.3, -0.25) is 14.5 Å². The lowest BCUT2D eigenvalue weighted by Gasteiger charge is -2.59. The molecule has 4 fully saturated rings. The highest BCUT2D eigenvalue weighted by Crippen LogP contribution is 2.77. The number of piperazine rings is 1. The third-order valence-electron chi connectivity index (χ3n) is 8.28. The number of nitrogens with one attached hydrogen (secondary N) is 2. The molecular weight excluding hydrogens is 444 g/mol. The monoisotopic (exact) mass is 462 g/mol. The summed E-state index contributed by atoms with van der Waals surface area (Å²) in [5, 5.41) is 15.1. The fourth-order valence-corrected chi connectivity index (χ4v) is 10.9. The van der Waals surface area contributed by atoms with Crippen molar-refractivity contribution in [2.45, 2.75) is 27.2 Å². The van der Waals surface area contributed by atoms with Gasteiger partial charge in [-0.2, -0.15) is 0 Å². The van der Waals surface area contributed by atoms with Crippen LogP contribution in [0.25, 0.3) is 10.9 Å². The Labute approximate surface area is 190 Å². The number of aliphatic hydroxyl groups is 1. The van der Waals surface area contributed by atoms with Crippen LogP contribution in [0.1, 0.15) is 22.6 Å². The minimum Gasteiger partial charge on any atom is -0.392 e. The third-order valence-corrected chi connectivity index (χ3v) is 11.9. The van der Waals surface area contributed by atoms with E-state index in [4.69, 9.17) is 0 Å². The molecule has 3 aromatic rings. The van der Waals surface area contributed by atoms with Gasteiger partial charge in [0.05, 0.1) is 12.0 Å². The highest BCUT2D eigenvalue weighted by molar-refractivity contribution is 8.78. The number of carbonyl (C=O) groups excluding carboxylic acids is 2. The van der Waals surface area contributed by atoms with Gasteiger partial charge < -0.3 is 20.3 Å². The van der Waals surface area contributed by atoms with Crippen LogP contribution in [0.15, 0.2) is 48.7 Å². The number of hydrogen-bond donors (Lipinski definition) is 3. The Hall–Kier alpha value is -2.62. The summed E-state index contributed by atoms with van der Waals surface area (Å²) < 4.78 is 0. The number of carbonyl (C=O) groups is 2. The molecule has 2 bridgehead atoms. The number of anilines is 1. The standard InChI is InChI=1S/C23H18N4O3S2/c1-26-20(30)23-17-11-5-4-8-15-16(11)13(9-24-15)22(17)12-6-2-3-7-14(12)25-18(22)27(23)19(29)21(26,10-28)31-32-23/h2-9,17-18,24-25,28H,10H2,1H3/t17?,18-,21+,22?,23+/m1/s1. The second-order valence-electron chi connectivity index (χ2n) is 9.21. The van der Waals surface area contributed by atoms with Gasteiger partial charge in [0.2, 0.25) is 4.87 Å². The van der Waals surface area contributed by atoms with Gasteiger partial charge in [0.1, 0.15) is 6.17 Å². The van der Waals surface area contributed by atoms with Gasteiger partial charge >= 0.3 is 0 Å². The quantitative estimate of drug-likeness (QED) is 0.482. The number of rotatable bonds is 1. The Morgan fingerprint density at radius 3 is 2.75 bits per heavy atom. The molecule has 5 atom stereocenters. The average Bonchev–Trinajstić information content (AvgIpc) is 3.52. The number of H-pyrrole nitrogens is 1. The minimum atomic E-state index is -1.30. The predicted molar refractivity (Wildman–Crippen MR) is 123 cm³/mol. The zero-order valence-corrected chi connectivity index (χ0v) is 18.6. The van der Waals surface area contributed by atoms with Crippen LogP contribution >= 0.6 is 21.6 Å². The van der Waals surface area contributed by atoms with Crippen LogP contribution in [0.4, 0.5) is 5.69 Å². The average molecular weight is 463 g/mol. The first-order chi connectivity index (χ1) is 15.5. The van der Waals surface area contributed by atoms with Crippen LogP contribution in [-0.4, -0.2) is 61.3 Å². The Balaban J connectivity index is 1.53. The SMILES string of the molecule is CN1C(=O)[C@]23SS[C@@]1(CO)C(=O)N2[C@H]1Nc2ccccc2C12c1c[nH]c4cccc(c14)C23. The first-order valence-corrected chi connectivity index (χ1v) is 12.7. The van der Waals surface area contributed by atoms with E-state index in [-0.39, 0.29) is 17.7 Å². The Bertz CT molecular complexity index is 1420. The van der Waals surface area contributed by atoms with Gasteiger partial charge in [-0.05, 0) is 39.6 Å². The molecule has 2 unspecified atom stereocenters. The number of aromatic nitrogens is 1. The summed E-state index contributed by atoms with van der Waals surface area (Å²) in [6, 6.07) is 14.4. The van der Waals surface area contributed by atoms with Crippen molar-refractivity contribution in [1.29, 1.82) is 0 Å². The molecule has 7 nitrogen and oxygen atoms in total. The van der Waals surface area contributed by atoms with E-state index in [0.717, 1.165) is 33.3 Å². The number of amides is 2. The molecule has 6 aliphatic rings. The van der Waals surface area contributed by atoms with E-state index in [2.05, 4.69) is 34.7 Å². The molecule has 1 aliphatic carbocycles. The second kappa shape index (κ2) is 5.13. The second-order valence-corrected chi connectivity index (χ2v) is 11.8. The number of hydrogen-bond acceptors (Lipinski definition) is 6. The summed E-state index contributed by atoms with van der Waals surface area (Å²) in [5.74, 6) is -0.555. The molecule has 1 aromatic heterocycles. The molecular formula is C23H18N4O3S2. The molecule has 4 saturated heterocycles. The number of benzene rings is 2. The molecule has 2 aromatic carbocycles. The molecule has 9 rings (SSSR count). The molecule has 9 heteroatoms. The minimum absolute atomic E-state index is 0.112. The molecule has 5 aliphatic heterocycles. The number of aliphatic hydroxyl groups excluding tert-OH is 1. The van der Waals surface area contributed by atoms with Crippen LogP contribution in [0.3, 0.4) is 0 Å². The van der Waals surface area contributed by atoms with Crippen LogP contribution < -0.4 is 5.32 Å². The maximum Gasteiger partial charge on any atom is 0.265 e. The first-order valence-electron chi connectivity index (χ1n) is 10.6. The van der Waals surface area contributed by atoms with Crippen molar-refractivity contribution < 1.29 is 14.7 Å². The zero-order chi connectivity index (χ0) is 21.6. The fraction of sp³-hybridized carbons (Fsp3) is 0.304. The molecule has 6 heterocycles. The van der Waals surface area contributed by atoms with E-state index >= 15 is 0 Å². The normalized spacial score (nSPS) is 37.6. The Kier molecular flexibility index (Phi) is 2.87. The van der Waals surface area contributed by atoms with Crippen molar-refractivity contribution in [3.63, 3.8) is 0 Å². The van der Waals surface area contributed by atoms with Gasteiger partial charge in [-0.25, -0.2) is 0 Å². The number of nitrogens with zero attached hydrogens (tertiary/aromatic N) is 2. The van der Waals surface area contributed by atoms with E-state index in [1.54, 1.807) is 11.9 Å². The Morgan fingerprint density at radius 2 is 1.91 bits per heavy atom. The van der Waals surface area contributed by atoms with Crippen molar-refractivity contribution in [2.75, 3.05) is 19.0 Å². The van der Waals surface area contributed by atoms with Crippen molar-refractivity contribution in [2.24, 2.45) is 0 Å². The summed E-state index contributed by atoms with van der Waals surface area (Å²) in [7, 11) is 4.43. The summed E-state index contributed by atoms with van der Waals surface area (Å²) in [6.45, 7) is -0.416. The largest absolute Gasteiger partial charge is 0.392 e. The molecule has 0 saturated carbocycles. The van der Waals surface area contributed by atoms with Gasteiger partial charge in [-0.1, -0.05) is 41.1 Å². The molecule has 32 heavy (non-hydrogen) atoms. The summed E-state index contributed by atoms with van der Waals surface area (Å²) in [6.07, 6.45) is 1.64. The van der Waals surface area contributed by atoms with Crippen LogP contribution in [0, 0.1) is 0 Å². The molecule has 0 radical (unpaired) electrons. The third kappa shape index (κ3) is 1.43. The van der Waals surface area contributed by atoms with Gasteiger partial charge in [0.15, 0.2) is 4.87 Å². The van der Waals surface area contributed by atoms with Crippen molar-refractivity contribution in [3.05, 3.63) is 65.4 Å². The highest BCUT2D eigenvalue weighted by Gasteiger charge is 2.83. The van der Waals surface area contributed by atoms with E-state index in [1.165, 1.54) is 26.5 Å². The lowest BCUT2D eigenvalue weighted by molar-refractivity contribution is -0.166. The van der Waals surface area contributed by atoms with Crippen LogP contribution in [0.2, 0.25) is 0 Å². The van der Waals surface area contributed by atoms with E-state index < -0.39 is 27.9 Å². The van der Waals surface area contributed by atoms with Gasteiger partial charge in [0, 0.05) is 35.8 Å². The number of para-hydroxylation sites is 1. The van der Waals surface area contributed by atoms with E-state index in [1.807, 2.05) is 24.3 Å². The van der Waals surface area contributed by atoms with Crippen molar-refractivity contribution in [1.82, 2.24) is 14.8 Å². The maximum atomic E-state index is 14.1. The number of likely N-dealkylation sites (N-methyl/N-ethyl adjacent to an activating group) is 1.